The van der Waals surface area contributed by atoms with E-state index in [2.05, 4.69) is 25.1 Å². The van der Waals surface area contributed by atoms with Gasteiger partial charge in [0.25, 0.3) is 11.8 Å². The third-order valence-corrected chi connectivity index (χ3v) is 4.79. The number of aryl methyl sites for hydroxylation is 1. The second-order valence-electron chi connectivity index (χ2n) is 6.51. The second kappa shape index (κ2) is 8.28. The minimum atomic E-state index is -0.179. The lowest BCUT2D eigenvalue weighted by Gasteiger charge is -2.17. The highest BCUT2D eigenvalue weighted by Crippen LogP contribution is 2.24. The van der Waals surface area contributed by atoms with Crippen molar-refractivity contribution in [2.24, 2.45) is 0 Å². The van der Waals surface area contributed by atoms with Crippen LogP contribution in [0.4, 0.5) is 0 Å². The van der Waals surface area contributed by atoms with Crippen LogP contribution in [-0.4, -0.2) is 29.9 Å². The molecule has 2 aromatic rings. The number of hydrogen-bond acceptors (Lipinski definition) is 3. The van der Waals surface area contributed by atoms with Gasteiger partial charge in [-0.15, -0.1) is 0 Å². The predicted molar refractivity (Wildman–Crippen MR) is 101 cm³/mol. The number of ether oxygens (including phenoxy) is 1. The van der Waals surface area contributed by atoms with Crippen LogP contribution in [0.3, 0.4) is 0 Å². The van der Waals surface area contributed by atoms with Gasteiger partial charge in [-0.25, -0.2) is 0 Å². The fourth-order valence-corrected chi connectivity index (χ4v) is 3.48. The van der Waals surface area contributed by atoms with E-state index in [0.29, 0.717) is 24.3 Å². The summed E-state index contributed by atoms with van der Waals surface area (Å²) in [7, 11) is 0. The van der Waals surface area contributed by atoms with Gasteiger partial charge < -0.3 is 4.74 Å². The first kappa shape index (κ1) is 18.3. The first-order chi connectivity index (χ1) is 12.7. The normalized spacial score (nSPS) is 14.6. The molecule has 4 heteroatoms. The number of fused-ring (bicyclic) bond motifs is 1. The van der Waals surface area contributed by atoms with Crippen molar-refractivity contribution in [2.75, 3.05) is 13.2 Å². The van der Waals surface area contributed by atoms with Gasteiger partial charge in [-0.2, -0.15) is 0 Å². The van der Waals surface area contributed by atoms with E-state index in [1.54, 1.807) is 24.3 Å². The van der Waals surface area contributed by atoms with Crippen LogP contribution >= 0.6 is 0 Å². The highest BCUT2D eigenvalue weighted by molar-refractivity contribution is 6.21. The van der Waals surface area contributed by atoms with Crippen LogP contribution in [0.5, 0.6) is 0 Å². The maximum atomic E-state index is 12.4. The van der Waals surface area contributed by atoms with Crippen LogP contribution < -0.4 is 0 Å². The molecule has 0 N–H and O–H groups in total. The molecule has 0 saturated carbocycles. The van der Waals surface area contributed by atoms with E-state index in [1.807, 2.05) is 13.0 Å². The molecule has 1 heterocycles. The Kier molecular flexibility index (Phi) is 5.84. The van der Waals surface area contributed by atoms with Crippen molar-refractivity contribution < 1.29 is 14.3 Å². The summed E-state index contributed by atoms with van der Waals surface area (Å²) in [6.07, 6.45) is 2.63. The molecule has 1 aliphatic rings. The third-order valence-electron chi connectivity index (χ3n) is 4.79. The Morgan fingerprint density at radius 2 is 1.65 bits per heavy atom. The molecule has 2 aromatic carbocycles. The molecule has 3 rings (SSSR count). The number of imide groups is 1. The van der Waals surface area contributed by atoms with Gasteiger partial charge in [-0.05, 0) is 49.4 Å². The van der Waals surface area contributed by atoms with Crippen molar-refractivity contribution in [3.05, 3.63) is 70.8 Å². The minimum absolute atomic E-state index is 0.121. The quantitative estimate of drug-likeness (QED) is 0.662. The molecule has 136 valence electrons. The molecule has 4 nitrogen and oxygen atoms in total. The highest BCUT2D eigenvalue weighted by Gasteiger charge is 2.34. The number of rotatable bonds is 8. The van der Waals surface area contributed by atoms with Gasteiger partial charge in [0.1, 0.15) is 0 Å². The molecule has 0 bridgehead atoms. The van der Waals surface area contributed by atoms with E-state index >= 15 is 0 Å². The SMILES string of the molecule is CCOC(CC)c1cccc(CCCN2C(=O)c3ccccc3C2=O)c1. The molecular weight excluding hydrogens is 326 g/mol. The van der Waals surface area contributed by atoms with Crippen LogP contribution in [0.2, 0.25) is 0 Å². The zero-order valence-electron chi connectivity index (χ0n) is 15.4. The van der Waals surface area contributed by atoms with Crippen LogP contribution in [0, 0.1) is 0 Å². The smallest absolute Gasteiger partial charge is 0.261 e. The van der Waals surface area contributed by atoms with Crippen LogP contribution in [0.15, 0.2) is 48.5 Å². The van der Waals surface area contributed by atoms with Crippen molar-refractivity contribution >= 4 is 11.8 Å². The van der Waals surface area contributed by atoms with Gasteiger partial charge in [0.15, 0.2) is 0 Å². The first-order valence-corrected chi connectivity index (χ1v) is 9.31. The summed E-state index contributed by atoms with van der Waals surface area (Å²) in [5.41, 5.74) is 3.42. The van der Waals surface area contributed by atoms with Gasteiger partial charge in [-0.3, -0.25) is 14.5 Å². The maximum Gasteiger partial charge on any atom is 0.261 e. The molecule has 0 fully saturated rings. The Labute approximate surface area is 154 Å². The second-order valence-corrected chi connectivity index (χ2v) is 6.51. The fourth-order valence-electron chi connectivity index (χ4n) is 3.48. The number of carbonyl (C=O) groups excluding carboxylic acids is 2. The van der Waals surface area contributed by atoms with Gasteiger partial charge in [0.2, 0.25) is 0 Å². The van der Waals surface area contributed by atoms with Crippen molar-refractivity contribution in [3.63, 3.8) is 0 Å². The van der Waals surface area contributed by atoms with E-state index < -0.39 is 0 Å². The molecule has 0 radical (unpaired) electrons. The summed E-state index contributed by atoms with van der Waals surface area (Å²) in [5, 5.41) is 0. The summed E-state index contributed by atoms with van der Waals surface area (Å²) in [5.74, 6) is -0.358. The van der Waals surface area contributed by atoms with E-state index in [9.17, 15) is 9.59 Å². The lowest BCUT2D eigenvalue weighted by molar-refractivity contribution is 0.0598. The highest BCUT2D eigenvalue weighted by atomic mass is 16.5. The van der Waals surface area contributed by atoms with Crippen molar-refractivity contribution in [3.8, 4) is 0 Å². The largest absolute Gasteiger partial charge is 0.374 e. The molecule has 0 saturated heterocycles. The Morgan fingerprint density at radius 3 is 2.27 bits per heavy atom. The molecule has 0 aliphatic carbocycles. The number of carbonyl (C=O) groups is 2. The zero-order valence-corrected chi connectivity index (χ0v) is 15.4. The summed E-state index contributed by atoms with van der Waals surface area (Å²) in [6, 6.07) is 15.4. The zero-order chi connectivity index (χ0) is 18.5. The first-order valence-electron chi connectivity index (χ1n) is 9.31. The van der Waals surface area contributed by atoms with E-state index in [0.717, 1.165) is 19.3 Å². The van der Waals surface area contributed by atoms with Crippen LogP contribution in [0.25, 0.3) is 0 Å². The summed E-state index contributed by atoms with van der Waals surface area (Å²) < 4.78 is 5.78. The monoisotopic (exact) mass is 351 g/mol. The standard InChI is InChI=1S/C22H25NO3/c1-3-20(26-4-2)17-11-7-9-16(15-17)10-8-14-23-21(24)18-12-5-6-13-19(18)22(23)25/h5-7,9,11-13,15,20H,3-4,8,10,14H2,1-2H3. The number of nitrogens with zero attached hydrogens (tertiary/aromatic N) is 1. The molecule has 1 atom stereocenters. The Morgan fingerprint density at radius 1 is 0.962 bits per heavy atom. The maximum absolute atomic E-state index is 12.4. The Hall–Kier alpha value is -2.46. The average Bonchev–Trinajstić information content (AvgIpc) is 2.91. The Bertz CT molecular complexity index is 764. The predicted octanol–water partition coefficient (Wildman–Crippen LogP) is 4.40. The minimum Gasteiger partial charge on any atom is -0.374 e. The van der Waals surface area contributed by atoms with E-state index in [1.165, 1.54) is 16.0 Å². The molecule has 26 heavy (non-hydrogen) atoms. The van der Waals surface area contributed by atoms with E-state index in [4.69, 9.17) is 4.74 Å². The molecule has 1 unspecified atom stereocenters. The average molecular weight is 351 g/mol. The van der Waals surface area contributed by atoms with Gasteiger partial charge in [0.05, 0.1) is 17.2 Å². The summed E-state index contributed by atoms with van der Waals surface area (Å²) in [6.45, 7) is 5.27. The van der Waals surface area contributed by atoms with Crippen molar-refractivity contribution in [1.29, 1.82) is 0 Å². The van der Waals surface area contributed by atoms with Gasteiger partial charge in [-0.1, -0.05) is 43.3 Å². The molecular formula is C22H25NO3. The van der Waals surface area contributed by atoms with Crippen LogP contribution in [-0.2, 0) is 11.2 Å². The van der Waals surface area contributed by atoms with Gasteiger partial charge in [0, 0.05) is 13.2 Å². The molecule has 2 amide bonds. The molecule has 1 aliphatic heterocycles. The number of amides is 2. The van der Waals surface area contributed by atoms with Gasteiger partial charge >= 0.3 is 0 Å². The van der Waals surface area contributed by atoms with Crippen LogP contribution in [0.1, 0.15) is 64.6 Å². The van der Waals surface area contributed by atoms with E-state index in [-0.39, 0.29) is 17.9 Å². The van der Waals surface area contributed by atoms with Crippen molar-refractivity contribution in [1.82, 2.24) is 4.90 Å². The topological polar surface area (TPSA) is 46.6 Å². The third kappa shape index (κ3) is 3.70. The molecule has 0 aromatic heterocycles. The molecule has 0 spiro atoms. The number of benzene rings is 2. The fraction of sp³-hybridized carbons (Fsp3) is 0.364. The lowest BCUT2D eigenvalue weighted by atomic mass is 10.0. The number of hydrogen-bond donors (Lipinski definition) is 0. The summed E-state index contributed by atoms with van der Waals surface area (Å²) in [4.78, 5) is 26.1. The van der Waals surface area contributed by atoms with Crippen molar-refractivity contribution in [2.45, 2.75) is 39.2 Å². The summed E-state index contributed by atoms with van der Waals surface area (Å²) >= 11 is 0. The Balaban J connectivity index is 1.61. The lowest BCUT2D eigenvalue weighted by Crippen LogP contribution is -2.30.